The molecule has 3 N–H and O–H groups in total. The molecule has 0 fully saturated rings. The van der Waals surface area contributed by atoms with E-state index in [1.54, 1.807) is 36.4 Å². The fourth-order valence-electron chi connectivity index (χ4n) is 2.69. The van der Waals surface area contributed by atoms with Gasteiger partial charge in [0.1, 0.15) is 6.04 Å². The lowest BCUT2D eigenvalue weighted by molar-refractivity contribution is -0.128. The average molecular weight is 381 g/mol. The van der Waals surface area contributed by atoms with E-state index >= 15 is 0 Å². The summed E-state index contributed by atoms with van der Waals surface area (Å²) < 4.78 is 0. The quantitative estimate of drug-likeness (QED) is 0.718. The van der Waals surface area contributed by atoms with Gasteiger partial charge in [-0.2, -0.15) is 0 Å². The minimum absolute atomic E-state index is 0.00118. The van der Waals surface area contributed by atoms with Crippen molar-refractivity contribution in [1.29, 1.82) is 0 Å². The number of hydrogen-bond donors (Lipinski definition) is 3. The van der Waals surface area contributed by atoms with Gasteiger partial charge in [0, 0.05) is 12.6 Å². The predicted molar refractivity (Wildman–Crippen MR) is 109 cm³/mol. The number of amides is 3. The Morgan fingerprint density at radius 3 is 2.07 bits per heavy atom. The maximum absolute atomic E-state index is 12.3. The molecule has 0 saturated heterocycles. The van der Waals surface area contributed by atoms with E-state index in [9.17, 15) is 14.4 Å². The summed E-state index contributed by atoms with van der Waals surface area (Å²) in [5.74, 6) is -1.12. The van der Waals surface area contributed by atoms with Crippen molar-refractivity contribution in [2.24, 2.45) is 0 Å². The summed E-state index contributed by atoms with van der Waals surface area (Å²) in [6, 6.07) is 15.4. The van der Waals surface area contributed by atoms with Crippen LogP contribution in [0.5, 0.6) is 0 Å². The third-order valence-electron chi connectivity index (χ3n) is 4.37. The average Bonchev–Trinajstić information content (AvgIpc) is 2.69. The molecule has 0 aliphatic rings. The molecular formula is C22H27N3O3. The monoisotopic (exact) mass is 381 g/mol. The number of benzene rings is 2. The van der Waals surface area contributed by atoms with Crippen LogP contribution >= 0.6 is 0 Å². The van der Waals surface area contributed by atoms with Gasteiger partial charge >= 0.3 is 0 Å². The van der Waals surface area contributed by atoms with Crippen LogP contribution in [0.15, 0.2) is 54.6 Å². The minimum atomic E-state index is -0.818. The molecule has 148 valence electrons. The summed E-state index contributed by atoms with van der Waals surface area (Å²) in [5, 5.41) is 7.78. The molecule has 0 aliphatic heterocycles. The van der Waals surface area contributed by atoms with Crippen LogP contribution < -0.4 is 16.0 Å². The van der Waals surface area contributed by atoms with E-state index in [1.165, 1.54) is 7.05 Å². The molecule has 2 rings (SSSR count). The van der Waals surface area contributed by atoms with Gasteiger partial charge in [0.05, 0.1) is 6.54 Å². The molecule has 2 aromatic carbocycles. The number of hydrogen-bond acceptors (Lipinski definition) is 3. The zero-order chi connectivity index (χ0) is 20.7. The Labute approximate surface area is 165 Å². The lowest BCUT2D eigenvalue weighted by Crippen LogP contribution is -2.43. The lowest BCUT2D eigenvalue weighted by Gasteiger charge is -2.19. The van der Waals surface area contributed by atoms with Crippen LogP contribution in [0, 0.1) is 0 Å². The second kappa shape index (κ2) is 9.17. The summed E-state index contributed by atoms with van der Waals surface area (Å²) >= 11 is 0. The number of carbonyl (C=O) groups excluding carboxylic acids is 3. The van der Waals surface area contributed by atoms with Crippen molar-refractivity contribution in [1.82, 2.24) is 16.0 Å². The van der Waals surface area contributed by atoms with Gasteiger partial charge in [-0.25, -0.2) is 0 Å². The zero-order valence-electron chi connectivity index (χ0n) is 16.7. The van der Waals surface area contributed by atoms with Crippen LogP contribution in [0.3, 0.4) is 0 Å². The van der Waals surface area contributed by atoms with Crippen LogP contribution in [0.25, 0.3) is 0 Å². The summed E-state index contributed by atoms with van der Waals surface area (Å²) in [7, 11) is 1.51. The summed E-state index contributed by atoms with van der Waals surface area (Å²) in [5.41, 5.74) is 2.27. The molecule has 0 heterocycles. The Balaban J connectivity index is 1.96. The summed E-state index contributed by atoms with van der Waals surface area (Å²) in [4.78, 5) is 36.7. The number of carbonyl (C=O) groups is 3. The molecule has 2 aromatic rings. The first-order valence-electron chi connectivity index (χ1n) is 9.17. The molecular weight excluding hydrogens is 354 g/mol. The van der Waals surface area contributed by atoms with Crippen LogP contribution in [-0.4, -0.2) is 31.3 Å². The molecule has 3 amide bonds. The molecule has 6 heteroatoms. The van der Waals surface area contributed by atoms with E-state index in [-0.39, 0.29) is 23.8 Å². The van der Waals surface area contributed by atoms with Gasteiger partial charge in [0.15, 0.2) is 0 Å². The Kier molecular flexibility index (Phi) is 6.93. The summed E-state index contributed by atoms with van der Waals surface area (Å²) in [6.45, 7) is 6.08. The maximum Gasteiger partial charge on any atom is 0.251 e. The van der Waals surface area contributed by atoms with Crippen LogP contribution in [0.2, 0.25) is 0 Å². The highest BCUT2D eigenvalue weighted by Crippen LogP contribution is 2.22. The molecule has 0 unspecified atom stereocenters. The third kappa shape index (κ3) is 5.67. The Morgan fingerprint density at radius 1 is 0.929 bits per heavy atom. The van der Waals surface area contributed by atoms with E-state index in [0.717, 1.165) is 5.56 Å². The van der Waals surface area contributed by atoms with Crippen molar-refractivity contribution in [2.75, 3.05) is 13.6 Å². The molecule has 0 aliphatic carbocycles. The molecule has 0 spiro atoms. The Bertz CT molecular complexity index is 824. The van der Waals surface area contributed by atoms with Crippen molar-refractivity contribution < 1.29 is 14.4 Å². The summed E-state index contributed by atoms with van der Waals surface area (Å²) in [6.07, 6.45) is 0. The lowest BCUT2D eigenvalue weighted by atomic mass is 9.87. The second-order valence-corrected chi connectivity index (χ2v) is 7.54. The van der Waals surface area contributed by atoms with Crippen LogP contribution in [0.1, 0.15) is 48.3 Å². The topological polar surface area (TPSA) is 87.3 Å². The second-order valence-electron chi connectivity index (χ2n) is 7.54. The highest BCUT2D eigenvalue weighted by Gasteiger charge is 2.22. The smallest absolute Gasteiger partial charge is 0.251 e. The van der Waals surface area contributed by atoms with Crippen LogP contribution in [-0.2, 0) is 15.0 Å². The van der Waals surface area contributed by atoms with E-state index in [1.807, 2.05) is 18.2 Å². The molecule has 0 radical (unpaired) electrons. The molecule has 0 bridgehead atoms. The van der Waals surface area contributed by atoms with Gasteiger partial charge in [-0.3, -0.25) is 14.4 Å². The van der Waals surface area contributed by atoms with Gasteiger partial charge in [-0.1, -0.05) is 63.2 Å². The highest BCUT2D eigenvalue weighted by atomic mass is 16.2. The van der Waals surface area contributed by atoms with Crippen molar-refractivity contribution in [3.05, 3.63) is 71.3 Å². The van der Waals surface area contributed by atoms with Crippen LogP contribution in [0.4, 0.5) is 0 Å². The Morgan fingerprint density at radius 2 is 1.54 bits per heavy atom. The normalized spacial score (nSPS) is 12.0. The SMILES string of the molecule is CNC(=O)[C@@H](NC(=O)CNC(=O)c1ccc(C(C)(C)C)cc1)c1ccccc1. The molecule has 6 nitrogen and oxygen atoms in total. The minimum Gasteiger partial charge on any atom is -0.357 e. The van der Waals surface area contributed by atoms with Gasteiger partial charge in [0.25, 0.3) is 5.91 Å². The number of likely N-dealkylation sites (N-methyl/N-ethyl adjacent to an activating group) is 1. The van der Waals surface area contributed by atoms with Crippen molar-refractivity contribution in [3.8, 4) is 0 Å². The fourth-order valence-corrected chi connectivity index (χ4v) is 2.69. The fraction of sp³-hybridized carbons (Fsp3) is 0.318. The van der Waals surface area contributed by atoms with E-state index in [2.05, 4.69) is 36.7 Å². The largest absolute Gasteiger partial charge is 0.357 e. The molecule has 0 aromatic heterocycles. The number of nitrogens with one attached hydrogen (secondary N) is 3. The van der Waals surface area contributed by atoms with Crippen molar-refractivity contribution in [3.63, 3.8) is 0 Å². The van der Waals surface area contributed by atoms with E-state index in [0.29, 0.717) is 11.1 Å². The third-order valence-corrected chi connectivity index (χ3v) is 4.37. The van der Waals surface area contributed by atoms with Gasteiger partial charge in [-0.05, 0) is 28.7 Å². The first kappa shape index (κ1) is 21.2. The first-order chi connectivity index (χ1) is 13.2. The molecule has 0 saturated carbocycles. The first-order valence-corrected chi connectivity index (χ1v) is 9.17. The van der Waals surface area contributed by atoms with E-state index in [4.69, 9.17) is 0 Å². The molecule has 28 heavy (non-hydrogen) atoms. The standard InChI is InChI=1S/C22H27N3O3/c1-22(2,3)17-12-10-16(11-13-17)20(27)24-14-18(26)25-19(21(28)23-4)15-8-6-5-7-9-15/h5-13,19H,14H2,1-4H3,(H,23,28)(H,24,27)(H,25,26)/t19-/m0/s1. The predicted octanol–water partition coefficient (Wildman–Crippen LogP) is 2.32. The zero-order valence-corrected chi connectivity index (χ0v) is 16.7. The van der Waals surface area contributed by atoms with E-state index < -0.39 is 11.9 Å². The molecule has 1 atom stereocenters. The van der Waals surface area contributed by atoms with Gasteiger partial charge in [-0.15, -0.1) is 0 Å². The van der Waals surface area contributed by atoms with Gasteiger partial charge in [0.2, 0.25) is 11.8 Å². The highest BCUT2D eigenvalue weighted by molar-refractivity contribution is 5.97. The van der Waals surface area contributed by atoms with Crippen molar-refractivity contribution in [2.45, 2.75) is 32.2 Å². The van der Waals surface area contributed by atoms with Crippen molar-refractivity contribution >= 4 is 17.7 Å². The number of rotatable bonds is 6. The maximum atomic E-state index is 12.3. The Hall–Kier alpha value is -3.15. The van der Waals surface area contributed by atoms with Gasteiger partial charge < -0.3 is 16.0 Å².